The monoisotopic (exact) mass is 386 g/mol. The molecule has 28 heavy (non-hydrogen) atoms. The first-order valence-electron chi connectivity index (χ1n) is 10.4. The summed E-state index contributed by atoms with van der Waals surface area (Å²) in [4.78, 5) is 42.5. The Balaban J connectivity index is 1.27. The lowest BCUT2D eigenvalue weighted by Crippen LogP contribution is -2.50. The largest absolute Gasteiger partial charge is 0.342 e. The van der Waals surface area contributed by atoms with Crippen molar-refractivity contribution in [3.05, 3.63) is 18.5 Å². The molecule has 3 aliphatic heterocycles. The average molecular weight is 387 g/mol. The maximum Gasteiger partial charge on any atom is 0.236 e. The maximum absolute atomic E-state index is 12.8. The first-order valence-corrected chi connectivity index (χ1v) is 10.4. The van der Waals surface area contributed by atoms with Gasteiger partial charge in [0.15, 0.2) is 0 Å². The molecular weight excluding hydrogens is 356 g/mol. The summed E-state index contributed by atoms with van der Waals surface area (Å²) in [5.74, 6) is 1.18. The Morgan fingerprint density at radius 1 is 1.07 bits per heavy atom. The zero-order chi connectivity index (χ0) is 19.6. The Kier molecular flexibility index (Phi) is 5.48. The van der Waals surface area contributed by atoms with Gasteiger partial charge in [0.25, 0.3) is 0 Å². The smallest absolute Gasteiger partial charge is 0.236 e. The van der Waals surface area contributed by atoms with Crippen LogP contribution in [0.4, 0.5) is 5.95 Å². The second-order valence-electron chi connectivity index (χ2n) is 8.20. The van der Waals surface area contributed by atoms with Gasteiger partial charge in [-0.05, 0) is 25.3 Å². The van der Waals surface area contributed by atoms with Crippen molar-refractivity contribution in [3.63, 3.8) is 0 Å². The first kappa shape index (κ1) is 19.1. The van der Waals surface area contributed by atoms with E-state index in [1.807, 2.05) is 15.9 Å². The highest BCUT2D eigenvalue weighted by atomic mass is 16.2. The number of anilines is 1. The van der Waals surface area contributed by atoms with Crippen LogP contribution in [-0.4, -0.2) is 95.4 Å². The number of carbonyl (C=O) groups excluding carboxylic acids is 2. The number of hydrogen-bond donors (Lipinski definition) is 0. The fraction of sp³-hybridized carbons (Fsp3) is 0.700. The van der Waals surface area contributed by atoms with Gasteiger partial charge in [-0.3, -0.25) is 14.5 Å². The van der Waals surface area contributed by atoms with Crippen LogP contribution in [0.25, 0.3) is 0 Å². The molecule has 152 valence electrons. The zero-order valence-electron chi connectivity index (χ0n) is 16.7. The van der Waals surface area contributed by atoms with Gasteiger partial charge in [-0.2, -0.15) is 0 Å². The van der Waals surface area contributed by atoms with E-state index >= 15 is 0 Å². The molecule has 0 saturated carbocycles. The predicted octanol–water partition coefficient (Wildman–Crippen LogP) is 0.460. The van der Waals surface area contributed by atoms with Crippen LogP contribution in [0.15, 0.2) is 18.5 Å². The van der Waals surface area contributed by atoms with Crippen molar-refractivity contribution in [1.82, 2.24) is 24.7 Å². The summed E-state index contributed by atoms with van der Waals surface area (Å²) in [6, 6.07) is 1.82. The van der Waals surface area contributed by atoms with Crippen LogP contribution in [0.5, 0.6) is 0 Å². The fourth-order valence-corrected chi connectivity index (χ4v) is 4.69. The standard InChI is InChI=1S/C20H30N6O2/c1-2-8-24-9-4-20(18(24)28)5-10-26(16-20)17(27)15-23-11-13-25(14-12-23)19-21-6-3-7-22-19/h3,6-7H,2,4-5,8-16H2,1H3. The molecule has 1 atom stereocenters. The van der Waals surface area contributed by atoms with E-state index in [0.717, 1.165) is 64.5 Å². The van der Waals surface area contributed by atoms with Crippen LogP contribution in [0, 0.1) is 5.41 Å². The Bertz CT molecular complexity index is 706. The highest BCUT2D eigenvalue weighted by molar-refractivity contribution is 5.87. The molecular formula is C20H30N6O2. The number of carbonyl (C=O) groups is 2. The molecule has 1 spiro atoms. The van der Waals surface area contributed by atoms with Crippen molar-refractivity contribution in [3.8, 4) is 0 Å². The number of amides is 2. The molecule has 3 fully saturated rings. The summed E-state index contributed by atoms with van der Waals surface area (Å²) < 4.78 is 0. The third-order valence-corrected chi connectivity index (χ3v) is 6.37. The van der Waals surface area contributed by atoms with E-state index in [9.17, 15) is 9.59 Å². The lowest BCUT2D eigenvalue weighted by molar-refractivity contribution is -0.136. The van der Waals surface area contributed by atoms with Crippen LogP contribution in [0.3, 0.4) is 0 Å². The maximum atomic E-state index is 12.8. The molecule has 0 radical (unpaired) electrons. The highest BCUT2D eigenvalue weighted by Gasteiger charge is 2.51. The Hall–Kier alpha value is -2.22. The van der Waals surface area contributed by atoms with E-state index < -0.39 is 0 Å². The van der Waals surface area contributed by atoms with E-state index in [-0.39, 0.29) is 17.2 Å². The minimum atomic E-state index is -0.311. The van der Waals surface area contributed by atoms with Crippen molar-refractivity contribution in [2.75, 3.05) is 63.8 Å². The van der Waals surface area contributed by atoms with Crippen molar-refractivity contribution in [1.29, 1.82) is 0 Å². The van der Waals surface area contributed by atoms with Crippen LogP contribution >= 0.6 is 0 Å². The van der Waals surface area contributed by atoms with Crippen molar-refractivity contribution in [2.45, 2.75) is 26.2 Å². The summed E-state index contributed by atoms with van der Waals surface area (Å²) in [6.45, 7) is 8.84. The van der Waals surface area contributed by atoms with Gasteiger partial charge in [0, 0.05) is 64.8 Å². The molecule has 8 heteroatoms. The molecule has 0 N–H and O–H groups in total. The molecule has 0 aliphatic carbocycles. The van der Waals surface area contributed by atoms with Gasteiger partial charge in [-0.15, -0.1) is 0 Å². The molecule has 1 aromatic rings. The van der Waals surface area contributed by atoms with E-state index in [1.165, 1.54) is 0 Å². The fourth-order valence-electron chi connectivity index (χ4n) is 4.69. The number of piperazine rings is 1. The molecule has 0 bridgehead atoms. The van der Waals surface area contributed by atoms with Gasteiger partial charge in [-0.1, -0.05) is 6.92 Å². The molecule has 3 saturated heterocycles. The van der Waals surface area contributed by atoms with Gasteiger partial charge in [0.2, 0.25) is 17.8 Å². The SMILES string of the molecule is CCCN1CCC2(CCN(C(=O)CN3CCN(c4ncccn4)CC3)C2)C1=O. The minimum Gasteiger partial charge on any atom is -0.342 e. The summed E-state index contributed by atoms with van der Waals surface area (Å²) in [5, 5.41) is 0. The molecule has 4 heterocycles. The molecule has 3 aliphatic rings. The molecule has 8 nitrogen and oxygen atoms in total. The Labute approximate surface area is 166 Å². The summed E-state index contributed by atoms with van der Waals surface area (Å²) in [7, 11) is 0. The van der Waals surface area contributed by atoms with Gasteiger partial charge < -0.3 is 14.7 Å². The van der Waals surface area contributed by atoms with E-state index in [0.29, 0.717) is 19.6 Å². The predicted molar refractivity (Wildman–Crippen MR) is 106 cm³/mol. The molecule has 1 unspecified atom stereocenters. The molecule has 1 aromatic heterocycles. The van der Waals surface area contributed by atoms with E-state index in [2.05, 4.69) is 26.7 Å². The average Bonchev–Trinajstić information content (AvgIpc) is 3.29. The van der Waals surface area contributed by atoms with Crippen LogP contribution in [-0.2, 0) is 9.59 Å². The van der Waals surface area contributed by atoms with Crippen LogP contribution in [0.1, 0.15) is 26.2 Å². The van der Waals surface area contributed by atoms with Crippen LogP contribution < -0.4 is 4.90 Å². The lowest BCUT2D eigenvalue weighted by Gasteiger charge is -2.35. The van der Waals surface area contributed by atoms with Crippen LogP contribution in [0.2, 0.25) is 0 Å². The van der Waals surface area contributed by atoms with E-state index in [4.69, 9.17) is 0 Å². The second kappa shape index (κ2) is 8.03. The number of aromatic nitrogens is 2. The van der Waals surface area contributed by atoms with Crippen molar-refractivity contribution >= 4 is 17.8 Å². The summed E-state index contributed by atoms with van der Waals surface area (Å²) in [6.07, 6.45) is 6.22. The number of rotatable bonds is 5. The summed E-state index contributed by atoms with van der Waals surface area (Å²) >= 11 is 0. The number of nitrogens with zero attached hydrogens (tertiary/aromatic N) is 6. The third-order valence-electron chi connectivity index (χ3n) is 6.37. The van der Waals surface area contributed by atoms with Gasteiger partial charge in [0.05, 0.1) is 12.0 Å². The first-order chi connectivity index (χ1) is 13.6. The third kappa shape index (κ3) is 3.70. The number of hydrogen-bond acceptors (Lipinski definition) is 6. The topological polar surface area (TPSA) is 72.9 Å². The number of likely N-dealkylation sites (tertiary alicyclic amines) is 2. The van der Waals surface area contributed by atoms with Gasteiger partial charge in [0.1, 0.15) is 0 Å². The highest BCUT2D eigenvalue weighted by Crippen LogP contribution is 2.40. The minimum absolute atomic E-state index is 0.156. The van der Waals surface area contributed by atoms with Crippen molar-refractivity contribution < 1.29 is 9.59 Å². The van der Waals surface area contributed by atoms with Crippen molar-refractivity contribution in [2.24, 2.45) is 5.41 Å². The second-order valence-corrected chi connectivity index (χ2v) is 8.20. The van der Waals surface area contributed by atoms with E-state index in [1.54, 1.807) is 12.4 Å². The molecule has 0 aromatic carbocycles. The molecule has 2 amide bonds. The quantitative estimate of drug-likeness (QED) is 0.732. The Morgan fingerprint density at radius 2 is 1.79 bits per heavy atom. The lowest BCUT2D eigenvalue weighted by atomic mass is 9.85. The van der Waals surface area contributed by atoms with Gasteiger partial charge in [-0.25, -0.2) is 9.97 Å². The summed E-state index contributed by atoms with van der Waals surface area (Å²) in [5.41, 5.74) is -0.311. The Morgan fingerprint density at radius 3 is 2.50 bits per heavy atom. The normalized spacial score (nSPS) is 25.9. The van der Waals surface area contributed by atoms with Gasteiger partial charge >= 0.3 is 0 Å². The zero-order valence-corrected chi connectivity index (χ0v) is 16.7. The molecule has 4 rings (SSSR count).